The van der Waals surface area contributed by atoms with Gasteiger partial charge in [0, 0.05) is 36.3 Å². The molecular weight excluding hydrogens is 410 g/mol. The molecule has 0 atom stereocenters. The molecule has 0 radical (unpaired) electrons. The van der Waals surface area contributed by atoms with Crippen LogP contribution in [-0.2, 0) is 21.2 Å². The van der Waals surface area contributed by atoms with E-state index in [1.807, 2.05) is 12.3 Å². The molecular formula is C20H27N3O4S2. The Balaban J connectivity index is 1.57. The minimum absolute atomic E-state index is 0.186. The van der Waals surface area contributed by atoms with Gasteiger partial charge < -0.3 is 10.1 Å². The molecule has 1 aromatic carbocycles. The molecule has 0 unspecified atom stereocenters. The maximum absolute atomic E-state index is 13.0. The molecule has 0 bridgehead atoms. The summed E-state index contributed by atoms with van der Waals surface area (Å²) in [5.74, 6) is -0.256. The number of sulfonamides is 1. The molecule has 1 fully saturated rings. The van der Waals surface area contributed by atoms with Crippen molar-refractivity contribution in [2.75, 3.05) is 32.8 Å². The zero-order valence-electron chi connectivity index (χ0n) is 16.8. The van der Waals surface area contributed by atoms with E-state index < -0.39 is 10.0 Å². The van der Waals surface area contributed by atoms with E-state index in [9.17, 15) is 13.2 Å². The van der Waals surface area contributed by atoms with Gasteiger partial charge in [-0.2, -0.15) is 4.31 Å². The number of benzene rings is 1. The molecule has 0 saturated carbocycles. The molecule has 158 valence electrons. The van der Waals surface area contributed by atoms with E-state index in [1.165, 1.54) is 10.4 Å². The molecule has 0 aliphatic carbocycles. The molecule has 3 rings (SSSR count). The fourth-order valence-corrected chi connectivity index (χ4v) is 5.64. The highest BCUT2D eigenvalue weighted by Crippen LogP contribution is 2.22. The Morgan fingerprint density at radius 2 is 2.00 bits per heavy atom. The zero-order chi connectivity index (χ0) is 20.9. The summed E-state index contributed by atoms with van der Waals surface area (Å²) in [5, 5.41) is 6.04. The average Bonchev–Trinajstić information content (AvgIpc) is 3.13. The highest BCUT2D eigenvalue weighted by atomic mass is 32.2. The normalized spacial score (nSPS) is 15.4. The summed E-state index contributed by atoms with van der Waals surface area (Å²) in [4.78, 5) is 17.1. The van der Waals surface area contributed by atoms with Crippen LogP contribution in [-0.4, -0.2) is 56.5 Å². The number of hydrogen-bond acceptors (Lipinski definition) is 6. The van der Waals surface area contributed by atoms with Crippen molar-refractivity contribution in [1.82, 2.24) is 14.6 Å². The lowest BCUT2D eigenvalue weighted by Gasteiger charge is -2.26. The molecule has 1 amide bonds. The second-order valence-electron chi connectivity index (χ2n) is 7.09. The minimum atomic E-state index is -3.64. The zero-order valence-corrected chi connectivity index (χ0v) is 18.4. The van der Waals surface area contributed by atoms with Crippen LogP contribution in [0.3, 0.4) is 0 Å². The summed E-state index contributed by atoms with van der Waals surface area (Å²) in [6.07, 6.45) is 2.69. The molecule has 1 saturated heterocycles. The van der Waals surface area contributed by atoms with Crippen LogP contribution in [0.5, 0.6) is 0 Å². The van der Waals surface area contributed by atoms with Crippen LogP contribution < -0.4 is 5.32 Å². The Bertz CT molecular complexity index is 950. The van der Waals surface area contributed by atoms with Crippen molar-refractivity contribution in [1.29, 1.82) is 0 Å². The van der Waals surface area contributed by atoms with E-state index in [-0.39, 0.29) is 10.8 Å². The van der Waals surface area contributed by atoms with Gasteiger partial charge in [-0.25, -0.2) is 13.4 Å². The van der Waals surface area contributed by atoms with Gasteiger partial charge in [0.05, 0.1) is 23.1 Å². The van der Waals surface area contributed by atoms with Crippen LogP contribution in [0.1, 0.15) is 39.5 Å². The number of amides is 1. The molecule has 2 aromatic rings. The number of hydrogen-bond donors (Lipinski definition) is 1. The van der Waals surface area contributed by atoms with Crippen LogP contribution in [0, 0.1) is 13.8 Å². The van der Waals surface area contributed by atoms with Crippen molar-refractivity contribution in [2.24, 2.45) is 0 Å². The standard InChI is InChI=1S/C20H27N3O4S2/c1-15-6-7-17(13-18(15)29(25,26)23-9-11-27-12-10-23)20(24)21-8-4-3-5-19-22-16(2)14-28-19/h6-7,13-14H,3-5,8-12H2,1-2H3,(H,21,24). The van der Waals surface area contributed by atoms with Crippen molar-refractivity contribution in [3.05, 3.63) is 45.4 Å². The summed E-state index contributed by atoms with van der Waals surface area (Å²) < 4.78 is 32.6. The lowest BCUT2D eigenvalue weighted by molar-refractivity contribution is 0.0730. The van der Waals surface area contributed by atoms with E-state index in [4.69, 9.17) is 4.74 Å². The smallest absolute Gasteiger partial charge is 0.251 e. The van der Waals surface area contributed by atoms with Crippen molar-refractivity contribution < 1.29 is 17.9 Å². The predicted molar refractivity (Wildman–Crippen MR) is 113 cm³/mol. The Labute approximate surface area is 176 Å². The van der Waals surface area contributed by atoms with Crippen molar-refractivity contribution >= 4 is 27.3 Å². The highest BCUT2D eigenvalue weighted by Gasteiger charge is 2.28. The van der Waals surface area contributed by atoms with Gasteiger partial charge in [0.25, 0.3) is 5.91 Å². The molecule has 1 N–H and O–H groups in total. The van der Waals surface area contributed by atoms with Crippen LogP contribution in [0.15, 0.2) is 28.5 Å². The fourth-order valence-electron chi connectivity index (χ4n) is 3.17. The number of aromatic nitrogens is 1. The van der Waals surface area contributed by atoms with E-state index >= 15 is 0 Å². The first-order valence-corrected chi connectivity index (χ1v) is 12.1. The maximum Gasteiger partial charge on any atom is 0.251 e. The van der Waals surface area contributed by atoms with E-state index in [0.29, 0.717) is 44.0 Å². The SMILES string of the molecule is Cc1csc(CCCCNC(=O)c2ccc(C)c(S(=O)(=O)N3CCOCC3)c2)n1. The van der Waals surface area contributed by atoms with Gasteiger partial charge in [-0.3, -0.25) is 4.79 Å². The number of aryl methyl sites for hydroxylation is 3. The van der Waals surface area contributed by atoms with Crippen LogP contribution in [0.25, 0.3) is 0 Å². The third-order valence-corrected chi connectivity index (χ3v) is 7.87. The van der Waals surface area contributed by atoms with Gasteiger partial charge in [0.2, 0.25) is 10.0 Å². The maximum atomic E-state index is 13.0. The predicted octanol–water partition coefficient (Wildman–Crippen LogP) is 2.53. The Kier molecular flexibility index (Phi) is 7.39. The van der Waals surface area contributed by atoms with Crippen molar-refractivity contribution in [2.45, 2.75) is 38.0 Å². The largest absolute Gasteiger partial charge is 0.379 e. The Hall–Kier alpha value is -1.81. The number of thiazole rings is 1. The molecule has 1 aliphatic rings. The number of nitrogens with one attached hydrogen (secondary N) is 1. The quantitative estimate of drug-likeness (QED) is 0.641. The Morgan fingerprint density at radius 1 is 1.24 bits per heavy atom. The monoisotopic (exact) mass is 437 g/mol. The molecule has 7 nitrogen and oxygen atoms in total. The van der Waals surface area contributed by atoms with Gasteiger partial charge in [-0.15, -0.1) is 11.3 Å². The van der Waals surface area contributed by atoms with Crippen LogP contribution >= 0.6 is 11.3 Å². The minimum Gasteiger partial charge on any atom is -0.379 e. The number of ether oxygens (including phenoxy) is 1. The summed E-state index contributed by atoms with van der Waals surface area (Å²) in [5.41, 5.74) is 2.03. The number of carbonyl (C=O) groups excluding carboxylic acids is 1. The first-order chi connectivity index (χ1) is 13.9. The summed E-state index contributed by atoms with van der Waals surface area (Å²) in [6.45, 7) is 5.71. The average molecular weight is 438 g/mol. The van der Waals surface area contributed by atoms with E-state index in [2.05, 4.69) is 10.3 Å². The summed E-state index contributed by atoms with van der Waals surface area (Å²) in [6, 6.07) is 4.84. The lowest BCUT2D eigenvalue weighted by atomic mass is 10.1. The number of nitrogens with zero attached hydrogens (tertiary/aromatic N) is 2. The molecule has 29 heavy (non-hydrogen) atoms. The molecule has 0 spiro atoms. The van der Waals surface area contributed by atoms with Crippen molar-refractivity contribution in [3.8, 4) is 0 Å². The van der Waals surface area contributed by atoms with E-state index in [0.717, 1.165) is 30.0 Å². The molecule has 1 aromatic heterocycles. The molecule has 2 heterocycles. The van der Waals surface area contributed by atoms with Gasteiger partial charge in [-0.1, -0.05) is 6.07 Å². The van der Waals surface area contributed by atoms with Gasteiger partial charge >= 0.3 is 0 Å². The van der Waals surface area contributed by atoms with Crippen LogP contribution in [0.4, 0.5) is 0 Å². The van der Waals surface area contributed by atoms with Gasteiger partial charge in [0.15, 0.2) is 0 Å². The van der Waals surface area contributed by atoms with Gasteiger partial charge in [0.1, 0.15) is 0 Å². The number of rotatable bonds is 8. The number of morpholine rings is 1. The van der Waals surface area contributed by atoms with E-state index in [1.54, 1.807) is 30.4 Å². The first-order valence-electron chi connectivity index (χ1n) is 9.75. The first kappa shape index (κ1) is 21.9. The highest BCUT2D eigenvalue weighted by molar-refractivity contribution is 7.89. The summed E-state index contributed by atoms with van der Waals surface area (Å²) in [7, 11) is -3.64. The van der Waals surface area contributed by atoms with Gasteiger partial charge in [-0.05, 0) is 50.8 Å². The number of unbranched alkanes of at least 4 members (excludes halogenated alkanes) is 1. The fraction of sp³-hybridized carbons (Fsp3) is 0.500. The second-order valence-corrected chi connectivity index (χ2v) is 9.94. The third kappa shape index (κ3) is 5.63. The summed E-state index contributed by atoms with van der Waals surface area (Å²) >= 11 is 1.66. The third-order valence-electron chi connectivity index (χ3n) is 4.81. The topological polar surface area (TPSA) is 88.6 Å². The van der Waals surface area contributed by atoms with Crippen molar-refractivity contribution in [3.63, 3.8) is 0 Å². The Morgan fingerprint density at radius 3 is 2.69 bits per heavy atom. The lowest BCUT2D eigenvalue weighted by Crippen LogP contribution is -2.41. The second kappa shape index (κ2) is 9.80. The molecule has 9 heteroatoms. The molecule has 1 aliphatic heterocycles. The number of carbonyl (C=O) groups is 1. The van der Waals surface area contributed by atoms with Crippen LogP contribution in [0.2, 0.25) is 0 Å².